The Morgan fingerprint density at radius 1 is 1.27 bits per heavy atom. The third kappa shape index (κ3) is 2.75. The zero-order valence-electron chi connectivity index (χ0n) is 14.9. The van der Waals surface area contributed by atoms with Crippen molar-refractivity contribution in [2.24, 2.45) is 0 Å². The number of nitrogens with one attached hydrogen (secondary N) is 2. The lowest BCUT2D eigenvalue weighted by atomic mass is 10.1. The number of hydrogen-bond acceptors (Lipinski definition) is 4. The minimum Gasteiger partial charge on any atom is -0.443 e. The van der Waals surface area contributed by atoms with Crippen LogP contribution >= 0.6 is 0 Å². The molecule has 0 aliphatic carbocycles. The summed E-state index contributed by atoms with van der Waals surface area (Å²) in [6, 6.07) is 5.66. The number of fused-ring (bicyclic) bond motifs is 2. The van der Waals surface area contributed by atoms with Crippen LogP contribution in [0.3, 0.4) is 0 Å². The van der Waals surface area contributed by atoms with E-state index in [0.717, 1.165) is 28.0 Å². The first kappa shape index (κ1) is 16.4. The standard InChI is InChI=1S/C19H20N4O3/c1-19(2,3)26-18(25)23-9-6-14-13(17(23)24)10-15(22-14)11-4-7-20-16-12(11)5-8-21-16/h4-5,7-8,10,22H,6,9H2,1-3H3,(H,20,21). The lowest BCUT2D eigenvalue weighted by Gasteiger charge is -2.28. The van der Waals surface area contributed by atoms with E-state index in [2.05, 4.69) is 15.0 Å². The van der Waals surface area contributed by atoms with E-state index in [1.165, 1.54) is 4.90 Å². The van der Waals surface area contributed by atoms with Crippen molar-refractivity contribution in [3.63, 3.8) is 0 Å². The van der Waals surface area contributed by atoms with E-state index in [4.69, 9.17) is 4.74 Å². The predicted octanol–water partition coefficient (Wildman–Crippen LogP) is 3.49. The molecular weight excluding hydrogens is 332 g/mol. The smallest absolute Gasteiger partial charge is 0.417 e. The Bertz CT molecular complexity index is 1010. The fourth-order valence-corrected chi connectivity index (χ4v) is 3.19. The zero-order valence-corrected chi connectivity index (χ0v) is 14.9. The topological polar surface area (TPSA) is 91.1 Å². The molecule has 134 valence electrons. The predicted molar refractivity (Wildman–Crippen MR) is 96.9 cm³/mol. The van der Waals surface area contributed by atoms with Crippen molar-refractivity contribution < 1.29 is 14.3 Å². The van der Waals surface area contributed by atoms with Crippen LogP contribution in [0.4, 0.5) is 4.79 Å². The second-order valence-electron chi connectivity index (χ2n) is 7.36. The largest absolute Gasteiger partial charge is 0.443 e. The van der Waals surface area contributed by atoms with Gasteiger partial charge >= 0.3 is 6.09 Å². The van der Waals surface area contributed by atoms with Crippen LogP contribution in [0, 0.1) is 0 Å². The number of ether oxygens (including phenoxy) is 1. The number of rotatable bonds is 1. The Labute approximate surface area is 150 Å². The van der Waals surface area contributed by atoms with Crippen molar-refractivity contribution in [1.82, 2.24) is 19.9 Å². The van der Waals surface area contributed by atoms with Crippen LogP contribution in [0.15, 0.2) is 30.6 Å². The van der Waals surface area contributed by atoms with Crippen LogP contribution in [-0.2, 0) is 11.2 Å². The van der Waals surface area contributed by atoms with Gasteiger partial charge in [-0.25, -0.2) is 14.7 Å². The van der Waals surface area contributed by atoms with Gasteiger partial charge in [0.1, 0.15) is 11.2 Å². The molecule has 7 heteroatoms. The summed E-state index contributed by atoms with van der Waals surface area (Å²) in [7, 11) is 0. The monoisotopic (exact) mass is 352 g/mol. The molecule has 0 saturated heterocycles. The van der Waals surface area contributed by atoms with E-state index in [9.17, 15) is 9.59 Å². The molecule has 2 amide bonds. The number of aromatic nitrogens is 3. The number of amides is 2. The summed E-state index contributed by atoms with van der Waals surface area (Å²) in [5, 5.41) is 0.975. The Kier molecular flexibility index (Phi) is 3.61. The molecule has 4 rings (SSSR count). The first-order valence-electron chi connectivity index (χ1n) is 8.53. The van der Waals surface area contributed by atoms with Gasteiger partial charge in [0.15, 0.2) is 0 Å². The van der Waals surface area contributed by atoms with E-state index in [1.807, 2.05) is 18.3 Å². The molecule has 1 aliphatic rings. The lowest BCUT2D eigenvalue weighted by molar-refractivity contribution is 0.0233. The van der Waals surface area contributed by atoms with Crippen molar-refractivity contribution in [1.29, 1.82) is 0 Å². The Morgan fingerprint density at radius 2 is 2.08 bits per heavy atom. The van der Waals surface area contributed by atoms with Gasteiger partial charge in [-0.2, -0.15) is 0 Å². The number of carbonyl (C=O) groups is 2. The van der Waals surface area contributed by atoms with Crippen LogP contribution < -0.4 is 0 Å². The number of aromatic amines is 2. The van der Waals surface area contributed by atoms with E-state index >= 15 is 0 Å². The van der Waals surface area contributed by atoms with E-state index < -0.39 is 11.7 Å². The maximum Gasteiger partial charge on any atom is 0.417 e. The van der Waals surface area contributed by atoms with E-state index in [0.29, 0.717) is 18.5 Å². The van der Waals surface area contributed by atoms with Crippen LogP contribution in [0.25, 0.3) is 22.3 Å². The van der Waals surface area contributed by atoms with Crippen molar-refractivity contribution in [3.05, 3.63) is 41.9 Å². The van der Waals surface area contributed by atoms with E-state index in [-0.39, 0.29) is 5.91 Å². The first-order valence-corrected chi connectivity index (χ1v) is 8.53. The fraction of sp³-hybridized carbons (Fsp3) is 0.316. The van der Waals surface area contributed by atoms with Gasteiger partial charge in [0.05, 0.1) is 5.56 Å². The molecule has 2 N–H and O–H groups in total. The maximum absolute atomic E-state index is 12.8. The highest BCUT2D eigenvalue weighted by atomic mass is 16.6. The lowest BCUT2D eigenvalue weighted by Crippen LogP contribution is -2.44. The van der Waals surface area contributed by atoms with Gasteiger partial charge < -0.3 is 14.7 Å². The fourth-order valence-electron chi connectivity index (χ4n) is 3.19. The maximum atomic E-state index is 12.8. The molecule has 3 aromatic heterocycles. The van der Waals surface area contributed by atoms with Crippen LogP contribution in [0.5, 0.6) is 0 Å². The molecule has 0 aromatic carbocycles. The molecule has 3 aromatic rings. The van der Waals surface area contributed by atoms with Crippen molar-refractivity contribution in [2.45, 2.75) is 32.8 Å². The minimum atomic E-state index is -0.641. The van der Waals surface area contributed by atoms with Crippen LogP contribution in [0.1, 0.15) is 36.8 Å². The molecule has 4 heterocycles. The number of H-pyrrole nitrogens is 2. The Balaban J connectivity index is 1.68. The van der Waals surface area contributed by atoms with Crippen molar-refractivity contribution >= 4 is 23.0 Å². The summed E-state index contributed by atoms with van der Waals surface area (Å²) >= 11 is 0. The van der Waals surface area contributed by atoms with Gasteiger partial charge in [-0.05, 0) is 39.0 Å². The van der Waals surface area contributed by atoms with Gasteiger partial charge in [0, 0.05) is 47.7 Å². The molecule has 0 radical (unpaired) electrons. The average Bonchev–Trinajstić information content (AvgIpc) is 3.20. The molecule has 0 fully saturated rings. The number of carbonyl (C=O) groups excluding carboxylic acids is 2. The SMILES string of the molecule is CC(C)(C)OC(=O)N1CCc2[nH]c(-c3ccnc4[nH]ccc34)cc2C1=O. The quantitative estimate of drug-likeness (QED) is 0.701. The number of pyridine rings is 1. The first-order chi connectivity index (χ1) is 12.3. The summed E-state index contributed by atoms with van der Waals surface area (Å²) in [6.45, 7) is 5.65. The van der Waals surface area contributed by atoms with E-state index in [1.54, 1.807) is 33.0 Å². The molecule has 7 nitrogen and oxygen atoms in total. The molecule has 0 saturated carbocycles. The van der Waals surface area contributed by atoms with Crippen molar-refractivity contribution in [2.75, 3.05) is 6.54 Å². The molecule has 26 heavy (non-hydrogen) atoms. The highest BCUT2D eigenvalue weighted by Crippen LogP contribution is 2.30. The third-order valence-corrected chi connectivity index (χ3v) is 4.32. The van der Waals surface area contributed by atoms with Gasteiger partial charge in [-0.1, -0.05) is 0 Å². The average molecular weight is 352 g/mol. The molecular formula is C19H20N4O3. The van der Waals surface area contributed by atoms with Crippen molar-refractivity contribution in [3.8, 4) is 11.3 Å². The summed E-state index contributed by atoms with van der Waals surface area (Å²) < 4.78 is 5.34. The van der Waals surface area contributed by atoms with Gasteiger partial charge in [-0.15, -0.1) is 0 Å². The highest BCUT2D eigenvalue weighted by molar-refractivity contribution is 6.06. The van der Waals surface area contributed by atoms with Crippen LogP contribution in [0.2, 0.25) is 0 Å². The molecule has 1 aliphatic heterocycles. The normalized spacial score (nSPS) is 14.6. The number of hydrogen-bond donors (Lipinski definition) is 2. The molecule has 0 bridgehead atoms. The van der Waals surface area contributed by atoms with Gasteiger partial charge in [0.2, 0.25) is 0 Å². The summed E-state index contributed by atoms with van der Waals surface area (Å²) in [4.78, 5) is 37.0. The molecule has 0 spiro atoms. The van der Waals surface area contributed by atoms with Gasteiger partial charge in [-0.3, -0.25) is 4.79 Å². The second-order valence-corrected chi connectivity index (χ2v) is 7.36. The number of imide groups is 1. The Morgan fingerprint density at radius 3 is 2.85 bits per heavy atom. The number of nitrogens with zero attached hydrogens (tertiary/aromatic N) is 2. The zero-order chi connectivity index (χ0) is 18.5. The summed E-state index contributed by atoms with van der Waals surface area (Å²) in [6.07, 6.45) is 3.53. The summed E-state index contributed by atoms with van der Waals surface area (Å²) in [5.74, 6) is -0.331. The molecule has 0 unspecified atom stereocenters. The highest BCUT2D eigenvalue weighted by Gasteiger charge is 2.33. The summed E-state index contributed by atoms with van der Waals surface area (Å²) in [5.41, 5.74) is 3.29. The minimum absolute atomic E-state index is 0.302. The molecule has 0 atom stereocenters. The Hall–Kier alpha value is -3.09. The van der Waals surface area contributed by atoms with Gasteiger partial charge in [0.25, 0.3) is 5.91 Å². The second kappa shape index (κ2) is 5.72. The van der Waals surface area contributed by atoms with Crippen LogP contribution in [-0.4, -0.2) is 44.0 Å². The third-order valence-electron chi connectivity index (χ3n) is 4.32.